The molecule has 0 aromatic rings. The van der Waals surface area contributed by atoms with Crippen molar-refractivity contribution >= 4 is 5.78 Å². The summed E-state index contributed by atoms with van der Waals surface area (Å²) in [5.74, 6) is 1.58. The maximum absolute atomic E-state index is 12.1. The molecule has 0 aromatic carbocycles. The molecule has 16 heavy (non-hydrogen) atoms. The first kappa shape index (κ1) is 13.7. The Hall–Kier alpha value is -0.370. The van der Waals surface area contributed by atoms with Gasteiger partial charge >= 0.3 is 0 Å². The highest BCUT2D eigenvalue weighted by molar-refractivity contribution is 5.91. The molecular formula is C14H27NO. The quantitative estimate of drug-likeness (QED) is 0.743. The fourth-order valence-electron chi connectivity index (χ4n) is 3.74. The maximum Gasteiger partial charge on any atom is 0.142 e. The van der Waals surface area contributed by atoms with E-state index in [0.29, 0.717) is 17.6 Å². The van der Waals surface area contributed by atoms with Gasteiger partial charge in [-0.2, -0.15) is 0 Å². The molecule has 3 atom stereocenters. The lowest BCUT2D eigenvalue weighted by atomic mass is 9.70. The van der Waals surface area contributed by atoms with E-state index in [1.54, 1.807) is 0 Å². The minimum atomic E-state index is -0.00164. The Kier molecular flexibility index (Phi) is 3.83. The van der Waals surface area contributed by atoms with Crippen LogP contribution < -0.4 is 5.32 Å². The van der Waals surface area contributed by atoms with Crippen LogP contribution in [0.2, 0.25) is 0 Å². The Balaban J connectivity index is 0.000000386. The fraction of sp³-hybridized carbons (Fsp3) is 0.929. The van der Waals surface area contributed by atoms with Crippen LogP contribution in [0.25, 0.3) is 0 Å². The first-order valence-corrected chi connectivity index (χ1v) is 6.49. The average molecular weight is 225 g/mol. The SMILES string of the molecule is CC[C@@H]1C(=O)[C@]2(C)CC[C@H]1C2(C)C.CNC. The van der Waals surface area contributed by atoms with Gasteiger partial charge < -0.3 is 5.32 Å². The lowest BCUT2D eigenvalue weighted by Gasteiger charge is -2.32. The third-order valence-electron chi connectivity index (χ3n) is 5.11. The van der Waals surface area contributed by atoms with Crippen LogP contribution in [-0.2, 0) is 4.79 Å². The van der Waals surface area contributed by atoms with Gasteiger partial charge in [-0.05, 0) is 44.7 Å². The van der Waals surface area contributed by atoms with Crippen LogP contribution in [0.5, 0.6) is 0 Å². The Morgan fingerprint density at radius 1 is 1.31 bits per heavy atom. The van der Waals surface area contributed by atoms with Gasteiger partial charge in [-0.25, -0.2) is 0 Å². The van der Waals surface area contributed by atoms with E-state index in [1.165, 1.54) is 6.42 Å². The number of carbonyl (C=O) groups excluding carboxylic acids is 1. The number of hydrogen-bond donors (Lipinski definition) is 1. The molecule has 1 N–H and O–H groups in total. The third kappa shape index (κ3) is 1.62. The van der Waals surface area contributed by atoms with Crippen molar-refractivity contribution in [3.8, 4) is 0 Å². The number of ketones is 1. The summed E-state index contributed by atoms with van der Waals surface area (Å²) in [5, 5.41) is 2.75. The Morgan fingerprint density at radius 3 is 2.06 bits per heavy atom. The van der Waals surface area contributed by atoms with Crippen LogP contribution in [-0.4, -0.2) is 19.9 Å². The second kappa shape index (κ2) is 4.48. The lowest BCUT2D eigenvalue weighted by Crippen LogP contribution is -2.33. The van der Waals surface area contributed by atoms with Gasteiger partial charge in [0.2, 0.25) is 0 Å². The van der Waals surface area contributed by atoms with E-state index in [9.17, 15) is 4.79 Å². The molecule has 0 spiro atoms. The smallest absolute Gasteiger partial charge is 0.142 e. The summed E-state index contributed by atoms with van der Waals surface area (Å²) in [4.78, 5) is 12.1. The van der Waals surface area contributed by atoms with Crippen molar-refractivity contribution in [3.63, 3.8) is 0 Å². The summed E-state index contributed by atoms with van der Waals surface area (Å²) in [7, 11) is 3.75. The van der Waals surface area contributed by atoms with E-state index in [0.717, 1.165) is 12.8 Å². The van der Waals surface area contributed by atoms with Crippen molar-refractivity contribution in [3.05, 3.63) is 0 Å². The molecule has 2 bridgehead atoms. The fourth-order valence-corrected chi connectivity index (χ4v) is 3.74. The van der Waals surface area contributed by atoms with Crippen LogP contribution in [0.1, 0.15) is 47.0 Å². The van der Waals surface area contributed by atoms with E-state index in [4.69, 9.17) is 0 Å². The van der Waals surface area contributed by atoms with Gasteiger partial charge in [-0.3, -0.25) is 4.79 Å². The van der Waals surface area contributed by atoms with E-state index in [-0.39, 0.29) is 10.8 Å². The summed E-state index contributed by atoms with van der Waals surface area (Å²) >= 11 is 0. The molecule has 2 heteroatoms. The predicted octanol–water partition coefficient (Wildman–Crippen LogP) is 2.87. The predicted molar refractivity (Wildman–Crippen MR) is 68.4 cm³/mol. The molecule has 0 aliphatic heterocycles. The highest BCUT2D eigenvalue weighted by Gasteiger charge is 2.65. The first-order valence-electron chi connectivity index (χ1n) is 6.49. The van der Waals surface area contributed by atoms with Crippen molar-refractivity contribution in [2.24, 2.45) is 22.7 Å². The molecule has 2 saturated carbocycles. The molecule has 2 nitrogen and oxygen atoms in total. The molecular weight excluding hydrogens is 198 g/mol. The van der Waals surface area contributed by atoms with Gasteiger partial charge in [0.15, 0.2) is 0 Å². The second-order valence-electron chi connectivity index (χ2n) is 6.08. The minimum absolute atomic E-state index is 0.00164. The highest BCUT2D eigenvalue weighted by atomic mass is 16.1. The first-order chi connectivity index (χ1) is 7.36. The summed E-state index contributed by atoms with van der Waals surface area (Å²) in [6.07, 6.45) is 3.44. The molecule has 0 aromatic heterocycles. The Labute approximate surface area is 100 Å². The topological polar surface area (TPSA) is 29.1 Å². The number of rotatable bonds is 1. The van der Waals surface area contributed by atoms with E-state index >= 15 is 0 Å². The molecule has 0 radical (unpaired) electrons. The molecule has 0 unspecified atom stereocenters. The van der Waals surface area contributed by atoms with Crippen molar-refractivity contribution in [1.82, 2.24) is 5.32 Å². The zero-order chi connectivity index (χ0) is 12.6. The van der Waals surface area contributed by atoms with Crippen molar-refractivity contribution in [2.45, 2.75) is 47.0 Å². The van der Waals surface area contributed by atoms with Crippen LogP contribution in [0, 0.1) is 22.7 Å². The standard InChI is InChI=1S/C12H20O.C2H7N/c1-5-8-9-6-7-12(4,10(8)13)11(9,2)3;1-3-2/h8-9H,5-7H2,1-4H3;3H,1-2H3/t8-,9+,12-;/m0./s1. The molecule has 2 aliphatic carbocycles. The lowest BCUT2D eigenvalue weighted by molar-refractivity contribution is -0.131. The molecule has 0 heterocycles. The summed E-state index contributed by atoms with van der Waals surface area (Å²) < 4.78 is 0. The van der Waals surface area contributed by atoms with E-state index < -0.39 is 0 Å². The van der Waals surface area contributed by atoms with Gasteiger partial charge in [-0.1, -0.05) is 27.7 Å². The van der Waals surface area contributed by atoms with Crippen molar-refractivity contribution in [1.29, 1.82) is 0 Å². The van der Waals surface area contributed by atoms with E-state index in [1.807, 2.05) is 14.1 Å². The second-order valence-corrected chi connectivity index (χ2v) is 6.08. The van der Waals surface area contributed by atoms with E-state index in [2.05, 4.69) is 33.0 Å². The Morgan fingerprint density at radius 2 is 1.81 bits per heavy atom. The molecule has 0 saturated heterocycles. The number of nitrogens with one attached hydrogen (secondary N) is 1. The van der Waals surface area contributed by atoms with Gasteiger partial charge in [-0.15, -0.1) is 0 Å². The summed E-state index contributed by atoms with van der Waals surface area (Å²) in [6, 6.07) is 0. The summed E-state index contributed by atoms with van der Waals surface area (Å²) in [5.41, 5.74) is 0.253. The average Bonchev–Trinajstić information content (AvgIpc) is 2.51. The van der Waals surface area contributed by atoms with Gasteiger partial charge in [0.05, 0.1) is 0 Å². The van der Waals surface area contributed by atoms with Crippen molar-refractivity contribution < 1.29 is 4.79 Å². The van der Waals surface area contributed by atoms with Crippen LogP contribution in [0.4, 0.5) is 0 Å². The number of fused-ring (bicyclic) bond motifs is 2. The van der Waals surface area contributed by atoms with Crippen LogP contribution in [0.3, 0.4) is 0 Å². The zero-order valence-corrected chi connectivity index (χ0v) is 11.7. The zero-order valence-electron chi connectivity index (χ0n) is 11.7. The molecule has 2 rings (SSSR count). The summed E-state index contributed by atoms with van der Waals surface area (Å²) in [6.45, 7) is 8.92. The van der Waals surface area contributed by atoms with Gasteiger partial charge in [0.1, 0.15) is 5.78 Å². The van der Waals surface area contributed by atoms with Gasteiger partial charge in [0, 0.05) is 11.3 Å². The molecule has 2 aliphatic rings. The van der Waals surface area contributed by atoms with Crippen LogP contribution >= 0.6 is 0 Å². The van der Waals surface area contributed by atoms with Crippen molar-refractivity contribution in [2.75, 3.05) is 14.1 Å². The maximum atomic E-state index is 12.1. The van der Waals surface area contributed by atoms with Crippen LogP contribution in [0.15, 0.2) is 0 Å². The number of hydrogen-bond acceptors (Lipinski definition) is 2. The molecule has 2 fully saturated rings. The normalized spacial score (nSPS) is 39.5. The number of Topliss-reactive ketones (excluding diaryl/α,β-unsaturated/α-hetero) is 1. The molecule has 0 amide bonds. The molecule has 94 valence electrons. The van der Waals surface area contributed by atoms with Gasteiger partial charge in [0.25, 0.3) is 0 Å². The highest BCUT2D eigenvalue weighted by Crippen LogP contribution is 2.66. The Bertz CT molecular complexity index is 272. The monoisotopic (exact) mass is 225 g/mol. The minimum Gasteiger partial charge on any atom is -0.323 e. The number of carbonyl (C=O) groups is 1. The largest absolute Gasteiger partial charge is 0.323 e. The third-order valence-corrected chi connectivity index (χ3v) is 5.11.